The topological polar surface area (TPSA) is 54.0 Å². The van der Waals surface area contributed by atoms with Crippen molar-refractivity contribution in [2.24, 2.45) is 0 Å². The summed E-state index contributed by atoms with van der Waals surface area (Å²) in [5.74, 6) is 1.12. The highest BCUT2D eigenvalue weighted by molar-refractivity contribution is 5.75. The summed E-state index contributed by atoms with van der Waals surface area (Å²) in [7, 11) is 4.61. The molecule has 3 rings (SSSR count). The summed E-state index contributed by atoms with van der Waals surface area (Å²) in [5.41, 5.74) is 3.87. The minimum Gasteiger partial charge on any atom is -0.493 e. The smallest absolute Gasteiger partial charge is 0.310 e. The number of rotatable bonds is 8. The zero-order chi connectivity index (χ0) is 20.6. The molecule has 0 atom stereocenters. The third kappa shape index (κ3) is 4.88. The molecule has 0 aliphatic heterocycles. The Balaban J connectivity index is 1.63. The highest BCUT2D eigenvalue weighted by atomic mass is 16.5. The number of hydrogen-bond donors (Lipinski definition) is 0. The van der Waals surface area contributed by atoms with E-state index in [1.165, 1.54) is 14.2 Å². The molecule has 0 amide bonds. The van der Waals surface area contributed by atoms with Crippen molar-refractivity contribution < 1.29 is 23.7 Å². The lowest BCUT2D eigenvalue weighted by molar-refractivity contribution is -0.144. The molecule has 0 aliphatic rings. The molecule has 0 spiro atoms. The Morgan fingerprint density at radius 3 is 2.00 bits per heavy atom. The van der Waals surface area contributed by atoms with Crippen LogP contribution in [0.25, 0.3) is 11.1 Å². The second-order valence-electron chi connectivity index (χ2n) is 6.39. The lowest BCUT2D eigenvalue weighted by Crippen LogP contribution is -2.09. The third-order valence-electron chi connectivity index (χ3n) is 4.58. The van der Waals surface area contributed by atoms with Gasteiger partial charge < -0.3 is 18.9 Å². The van der Waals surface area contributed by atoms with E-state index in [2.05, 4.69) is 12.1 Å². The molecule has 0 heterocycles. The number of hydrogen-bond acceptors (Lipinski definition) is 5. The predicted molar refractivity (Wildman–Crippen MR) is 111 cm³/mol. The van der Waals surface area contributed by atoms with Gasteiger partial charge in [0.05, 0.1) is 27.8 Å². The van der Waals surface area contributed by atoms with E-state index in [1.807, 2.05) is 42.5 Å². The Morgan fingerprint density at radius 1 is 0.724 bits per heavy atom. The molecule has 5 heteroatoms. The summed E-state index contributed by atoms with van der Waals surface area (Å²) in [6, 6.07) is 21.6. The Hall–Kier alpha value is -3.47. The minimum absolute atomic E-state index is 0.0750. The van der Waals surface area contributed by atoms with E-state index in [0.29, 0.717) is 22.8 Å². The van der Waals surface area contributed by atoms with Crippen LogP contribution in [0.2, 0.25) is 0 Å². The second-order valence-corrected chi connectivity index (χ2v) is 6.39. The first-order chi connectivity index (χ1) is 14.2. The lowest BCUT2D eigenvalue weighted by Gasteiger charge is -2.15. The second kappa shape index (κ2) is 9.64. The summed E-state index contributed by atoms with van der Waals surface area (Å²) < 4.78 is 21.5. The molecule has 5 nitrogen and oxygen atoms in total. The zero-order valence-electron chi connectivity index (χ0n) is 16.8. The van der Waals surface area contributed by atoms with Crippen molar-refractivity contribution in [3.8, 4) is 28.4 Å². The number of carbonyl (C=O) groups is 1. The number of carbonyl (C=O) groups excluding carboxylic acids is 1. The van der Waals surface area contributed by atoms with Gasteiger partial charge >= 0.3 is 5.97 Å². The predicted octanol–water partition coefficient (Wildman–Crippen LogP) is 4.67. The van der Waals surface area contributed by atoms with Gasteiger partial charge in [0, 0.05) is 5.56 Å². The van der Waals surface area contributed by atoms with Crippen LogP contribution >= 0.6 is 0 Å². The van der Waals surface area contributed by atoms with Crippen LogP contribution in [-0.2, 0) is 22.6 Å². The normalized spacial score (nSPS) is 10.3. The molecule has 3 aromatic carbocycles. The van der Waals surface area contributed by atoms with Crippen LogP contribution in [0.5, 0.6) is 17.2 Å². The average Bonchev–Trinajstić information content (AvgIpc) is 2.78. The summed E-state index contributed by atoms with van der Waals surface area (Å²) >= 11 is 0. The molecule has 0 radical (unpaired) electrons. The summed E-state index contributed by atoms with van der Waals surface area (Å²) in [6.07, 6.45) is 0.0750. The van der Waals surface area contributed by atoms with Crippen LogP contribution in [0.3, 0.4) is 0 Å². The van der Waals surface area contributed by atoms with Crippen molar-refractivity contribution in [2.45, 2.75) is 13.0 Å². The van der Waals surface area contributed by atoms with Crippen LogP contribution in [0.1, 0.15) is 11.1 Å². The van der Waals surface area contributed by atoms with Crippen molar-refractivity contribution in [1.82, 2.24) is 0 Å². The van der Waals surface area contributed by atoms with Gasteiger partial charge in [0.15, 0.2) is 11.5 Å². The van der Waals surface area contributed by atoms with Crippen molar-refractivity contribution in [3.05, 3.63) is 77.9 Å². The monoisotopic (exact) mass is 392 g/mol. The van der Waals surface area contributed by atoms with Crippen molar-refractivity contribution in [1.29, 1.82) is 0 Å². The SMILES string of the molecule is COc1ccc(CC(=O)OCc2ccc(-c3ccccc3)cc2)c(OC)c1OC. The molecule has 29 heavy (non-hydrogen) atoms. The number of methoxy groups -OCH3 is 3. The van der Waals surface area contributed by atoms with Crippen molar-refractivity contribution in [2.75, 3.05) is 21.3 Å². The molecule has 150 valence electrons. The maximum atomic E-state index is 12.3. The summed E-state index contributed by atoms with van der Waals surface area (Å²) in [4.78, 5) is 12.3. The number of esters is 1. The number of benzene rings is 3. The van der Waals surface area contributed by atoms with E-state index in [-0.39, 0.29) is 19.0 Å². The van der Waals surface area contributed by atoms with E-state index in [0.717, 1.165) is 16.7 Å². The molecular formula is C24H24O5. The van der Waals surface area contributed by atoms with Crippen LogP contribution < -0.4 is 14.2 Å². The average molecular weight is 392 g/mol. The molecule has 3 aromatic rings. The largest absolute Gasteiger partial charge is 0.493 e. The molecule has 0 aromatic heterocycles. The molecule has 0 bridgehead atoms. The van der Waals surface area contributed by atoms with Gasteiger partial charge in [0.1, 0.15) is 6.61 Å². The fourth-order valence-electron chi connectivity index (χ4n) is 3.10. The highest BCUT2D eigenvalue weighted by Crippen LogP contribution is 2.40. The van der Waals surface area contributed by atoms with E-state index in [9.17, 15) is 4.79 Å². The quantitative estimate of drug-likeness (QED) is 0.522. The Bertz CT molecular complexity index is 949. The Morgan fingerprint density at radius 2 is 1.38 bits per heavy atom. The van der Waals surface area contributed by atoms with Gasteiger partial charge in [-0.3, -0.25) is 4.79 Å². The summed E-state index contributed by atoms with van der Waals surface area (Å²) in [5, 5.41) is 0. The zero-order valence-corrected chi connectivity index (χ0v) is 16.8. The van der Waals surface area contributed by atoms with Gasteiger partial charge in [-0.05, 0) is 22.8 Å². The van der Waals surface area contributed by atoms with Crippen LogP contribution in [-0.4, -0.2) is 27.3 Å². The third-order valence-corrected chi connectivity index (χ3v) is 4.58. The first-order valence-electron chi connectivity index (χ1n) is 9.24. The van der Waals surface area contributed by atoms with E-state index in [4.69, 9.17) is 18.9 Å². The molecule has 0 N–H and O–H groups in total. The van der Waals surface area contributed by atoms with Crippen LogP contribution in [0.4, 0.5) is 0 Å². The lowest BCUT2D eigenvalue weighted by atomic mass is 10.0. The van der Waals surface area contributed by atoms with Crippen LogP contribution in [0.15, 0.2) is 66.7 Å². The summed E-state index contributed by atoms with van der Waals surface area (Å²) in [6.45, 7) is 0.212. The maximum absolute atomic E-state index is 12.3. The molecule has 0 fully saturated rings. The van der Waals surface area contributed by atoms with E-state index in [1.54, 1.807) is 19.2 Å². The van der Waals surface area contributed by atoms with E-state index < -0.39 is 0 Å². The fraction of sp³-hybridized carbons (Fsp3) is 0.208. The molecule has 0 saturated heterocycles. The Labute approximate surface area is 170 Å². The van der Waals surface area contributed by atoms with Gasteiger partial charge in [-0.15, -0.1) is 0 Å². The van der Waals surface area contributed by atoms with Gasteiger partial charge in [0.2, 0.25) is 5.75 Å². The fourth-order valence-corrected chi connectivity index (χ4v) is 3.10. The minimum atomic E-state index is -0.345. The standard InChI is InChI=1S/C24H24O5/c1-26-21-14-13-20(23(27-2)24(21)28-3)15-22(25)29-16-17-9-11-19(12-10-17)18-7-5-4-6-8-18/h4-14H,15-16H2,1-3H3. The molecule has 0 unspecified atom stereocenters. The molecular weight excluding hydrogens is 368 g/mol. The molecule has 0 saturated carbocycles. The van der Waals surface area contributed by atoms with Crippen LogP contribution in [0, 0.1) is 0 Å². The molecule has 0 aliphatic carbocycles. The first kappa shape index (κ1) is 20.3. The first-order valence-corrected chi connectivity index (χ1v) is 9.24. The van der Waals surface area contributed by atoms with Gasteiger partial charge in [-0.2, -0.15) is 0 Å². The van der Waals surface area contributed by atoms with E-state index >= 15 is 0 Å². The van der Waals surface area contributed by atoms with Gasteiger partial charge in [-0.25, -0.2) is 0 Å². The number of ether oxygens (including phenoxy) is 4. The van der Waals surface area contributed by atoms with Crippen molar-refractivity contribution >= 4 is 5.97 Å². The maximum Gasteiger partial charge on any atom is 0.310 e. The highest BCUT2D eigenvalue weighted by Gasteiger charge is 2.18. The Kier molecular flexibility index (Phi) is 6.74. The van der Waals surface area contributed by atoms with Gasteiger partial charge in [0.25, 0.3) is 0 Å². The van der Waals surface area contributed by atoms with Crippen molar-refractivity contribution in [3.63, 3.8) is 0 Å². The van der Waals surface area contributed by atoms with Gasteiger partial charge in [-0.1, -0.05) is 60.7 Å².